The van der Waals surface area contributed by atoms with Crippen molar-refractivity contribution in [2.45, 2.75) is 32.7 Å². The molecule has 1 aromatic rings. The van der Waals surface area contributed by atoms with Crippen molar-refractivity contribution in [2.24, 2.45) is 0 Å². The zero-order valence-corrected chi connectivity index (χ0v) is 12.5. The lowest BCUT2D eigenvalue weighted by Crippen LogP contribution is -2.41. The summed E-state index contributed by atoms with van der Waals surface area (Å²) in [6, 6.07) is 7.16. The molecule has 2 amide bonds. The first-order valence-electron chi connectivity index (χ1n) is 6.69. The number of amides is 2. The summed E-state index contributed by atoms with van der Waals surface area (Å²) >= 11 is 0. The summed E-state index contributed by atoms with van der Waals surface area (Å²) in [7, 11) is 1.82. The van der Waals surface area contributed by atoms with Gasteiger partial charge in [0.1, 0.15) is 0 Å². The highest BCUT2D eigenvalue weighted by atomic mass is 16.2. The maximum Gasteiger partial charge on any atom is 0.251 e. The average Bonchev–Trinajstić information content (AvgIpc) is 2.36. The number of benzene rings is 1. The van der Waals surface area contributed by atoms with Gasteiger partial charge in [0.2, 0.25) is 5.91 Å². The highest BCUT2D eigenvalue weighted by Crippen LogP contribution is 2.08. The fourth-order valence-electron chi connectivity index (χ4n) is 1.66. The molecule has 1 aromatic carbocycles. The van der Waals surface area contributed by atoms with E-state index in [0.717, 1.165) is 5.69 Å². The quantitative estimate of drug-likeness (QED) is 0.768. The van der Waals surface area contributed by atoms with Gasteiger partial charge in [-0.1, -0.05) is 0 Å². The van der Waals surface area contributed by atoms with E-state index in [-0.39, 0.29) is 23.8 Å². The molecule has 20 heavy (non-hydrogen) atoms. The molecule has 110 valence electrons. The fraction of sp³-hybridized carbons (Fsp3) is 0.467. The van der Waals surface area contributed by atoms with Gasteiger partial charge in [-0.05, 0) is 45.0 Å². The van der Waals surface area contributed by atoms with E-state index in [2.05, 4.69) is 16.0 Å². The van der Waals surface area contributed by atoms with E-state index < -0.39 is 0 Å². The Morgan fingerprint density at radius 1 is 1.10 bits per heavy atom. The van der Waals surface area contributed by atoms with Gasteiger partial charge >= 0.3 is 0 Å². The van der Waals surface area contributed by atoms with Gasteiger partial charge in [-0.25, -0.2) is 0 Å². The molecule has 0 bridgehead atoms. The first kappa shape index (κ1) is 16.0. The standard InChI is InChI=1S/C15H23N3O2/c1-15(2,3)18-13(19)9-10-17-14(20)11-5-7-12(16-4)8-6-11/h5-8,16H,9-10H2,1-4H3,(H,17,20)(H,18,19). The van der Waals surface area contributed by atoms with E-state index in [4.69, 9.17) is 0 Å². The van der Waals surface area contributed by atoms with E-state index in [1.807, 2.05) is 40.0 Å². The van der Waals surface area contributed by atoms with Crippen LogP contribution < -0.4 is 16.0 Å². The Bertz CT molecular complexity index is 461. The molecule has 0 unspecified atom stereocenters. The number of hydrogen-bond donors (Lipinski definition) is 3. The van der Waals surface area contributed by atoms with Crippen molar-refractivity contribution >= 4 is 17.5 Å². The Morgan fingerprint density at radius 2 is 1.70 bits per heavy atom. The Morgan fingerprint density at radius 3 is 2.20 bits per heavy atom. The van der Waals surface area contributed by atoms with Gasteiger partial charge in [0.25, 0.3) is 5.91 Å². The van der Waals surface area contributed by atoms with Crippen molar-refractivity contribution < 1.29 is 9.59 Å². The molecule has 5 nitrogen and oxygen atoms in total. The van der Waals surface area contributed by atoms with Gasteiger partial charge in [0.05, 0.1) is 0 Å². The first-order chi connectivity index (χ1) is 9.31. The maximum absolute atomic E-state index is 11.8. The lowest BCUT2D eigenvalue weighted by atomic mass is 10.1. The van der Waals surface area contributed by atoms with Gasteiger partial charge in [-0.2, -0.15) is 0 Å². The second-order valence-electron chi connectivity index (χ2n) is 5.63. The predicted octanol–water partition coefficient (Wildman–Crippen LogP) is 1.76. The third-order valence-corrected chi connectivity index (χ3v) is 2.59. The fourth-order valence-corrected chi connectivity index (χ4v) is 1.66. The maximum atomic E-state index is 11.8. The Kier molecular flexibility index (Phi) is 5.55. The van der Waals surface area contributed by atoms with Crippen LogP contribution in [0.25, 0.3) is 0 Å². The topological polar surface area (TPSA) is 70.2 Å². The van der Waals surface area contributed by atoms with E-state index >= 15 is 0 Å². The van der Waals surface area contributed by atoms with Gasteiger partial charge in [-0.3, -0.25) is 9.59 Å². The number of carbonyl (C=O) groups is 2. The molecule has 0 radical (unpaired) electrons. The summed E-state index contributed by atoms with van der Waals surface area (Å²) in [5.41, 5.74) is 1.29. The summed E-state index contributed by atoms with van der Waals surface area (Å²) in [5, 5.41) is 8.57. The summed E-state index contributed by atoms with van der Waals surface area (Å²) in [6.07, 6.45) is 0.275. The van der Waals surface area contributed by atoms with Crippen molar-refractivity contribution in [3.63, 3.8) is 0 Å². The van der Waals surface area contributed by atoms with Crippen LogP contribution in [0.5, 0.6) is 0 Å². The lowest BCUT2D eigenvalue weighted by molar-refractivity contribution is -0.122. The number of hydrogen-bond acceptors (Lipinski definition) is 3. The third kappa shape index (κ3) is 5.73. The lowest BCUT2D eigenvalue weighted by Gasteiger charge is -2.20. The van der Waals surface area contributed by atoms with Crippen LogP contribution in [-0.4, -0.2) is 30.9 Å². The SMILES string of the molecule is CNc1ccc(C(=O)NCCC(=O)NC(C)(C)C)cc1. The first-order valence-corrected chi connectivity index (χ1v) is 6.69. The molecule has 1 rings (SSSR count). The van der Waals surface area contributed by atoms with E-state index in [1.54, 1.807) is 12.1 Å². The van der Waals surface area contributed by atoms with Crippen LogP contribution in [0.2, 0.25) is 0 Å². The monoisotopic (exact) mass is 277 g/mol. The molecule has 0 spiro atoms. The molecular formula is C15H23N3O2. The van der Waals surface area contributed by atoms with Crippen LogP contribution in [0, 0.1) is 0 Å². The molecule has 0 atom stereocenters. The van der Waals surface area contributed by atoms with Gasteiger partial charge in [0.15, 0.2) is 0 Å². The third-order valence-electron chi connectivity index (χ3n) is 2.59. The van der Waals surface area contributed by atoms with Crippen molar-refractivity contribution in [3.05, 3.63) is 29.8 Å². The number of nitrogens with one attached hydrogen (secondary N) is 3. The molecule has 0 saturated carbocycles. The van der Waals surface area contributed by atoms with Crippen LogP contribution in [0.15, 0.2) is 24.3 Å². The van der Waals surface area contributed by atoms with Crippen LogP contribution >= 0.6 is 0 Å². The van der Waals surface area contributed by atoms with Crippen molar-refractivity contribution in [3.8, 4) is 0 Å². The van der Waals surface area contributed by atoms with Crippen molar-refractivity contribution in [1.82, 2.24) is 10.6 Å². The summed E-state index contributed by atoms with van der Waals surface area (Å²) in [6.45, 7) is 6.10. The summed E-state index contributed by atoms with van der Waals surface area (Å²) in [4.78, 5) is 23.4. The van der Waals surface area contributed by atoms with Crippen molar-refractivity contribution in [2.75, 3.05) is 18.9 Å². The number of anilines is 1. The zero-order chi connectivity index (χ0) is 15.2. The largest absolute Gasteiger partial charge is 0.388 e. The van der Waals surface area contributed by atoms with E-state index in [1.165, 1.54) is 0 Å². The molecule has 5 heteroatoms. The summed E-state index contributed by atoms with van der Waals surface area (Å²) < 4.78 is 0. The minimum absolute atomic E-state index is 0.0664. The smallest absolute Gasteiger partial charge is 0.251 e. The van der Waals surface area contributed by atoms with Gasteiger partial charge in [-0.15, -0.1) is 0 Å². The molecule has 0 aliphatic carbocycles. The van der Waals surface area contributed by atoms with Crippen LogP contribution in [0.1, 0.15) is 37.6 Å². The number of rotatable bonds is 5. The molecule has 0 fully saturated rings. The highest BCUT2D eigenvalue weighted by Gasteiger charge is 2.13. The summed E-state index contributed by atoms with van der Waals surface area (Å²) in [5.74, 6) is -0.237. The normalized spacial score (nSPS) is 10.8. The van der Waals surface area contributed by atoms with Gasteiger partial charge in [0, 0.05) is 36.8 Å². The molecule has 0 saturated heterocycles. The highest BCUT2D eigenvalue weighted by molar-refractivity contribution is 5.94. The molecular weight excluding hydrogens is 254 g/mol. The molecule has 0 aliphatic rings. The Balaban J connectivity index is 2.38. The number of carbonyl (C=O) groups excluding carboxylic acids is 2. The van der Waals surface area contributed by atoms with Crippen LogP contribution in [0.3, 0.4) is 0 Å². The van der Waals surface area contributed by atoms with Crippen molar-refractivity contribution in [1.29, 1.82) is 0 Å². The van der Waals surface area contributed by atoms with E-state index in [0.29, 0.717) is 12.1 Å². The van der Waals surface area contributed by atoms with Crippen LogP contribution in [-0.2, 0) is 4.79 Å². The Labute approximate surface area is 120 Å². The Hall–Kier alpha value is -2.04. The molecule has 0 aliphatic heterocycles. The predicted molar refractivity (Wildman–Crippen MR) is 80.8 cm³/mol. The van der Waals surface area contributed by atoms with Gasteiger partial charge < -0.3 is 16.0 Å². The average molecular weight is 277 g/mol. The van der Waals surface area contributed by atoms with Crippen LogP contribution in [0.4, 0.5) is 5.69 Å². The minimum atomic E-state index is -0.246. The molecule has 3 N–H and O–H groups in total. The second-order valence-corrected chi connectivity index (χ2v) is 5.63. The molecule has 0 heterocycles. The zero-order valence-electron chi connectivity index (χ0n) is 12.5. The molecule has 0 aromatic heterocycles. The van der Waals surface area contributed by atoms with E-state index in [9.17, 15) is 9.59 Å². The minimum Gasteiger partial charge on any atom is -0.388 e. The second kappa shape index (κ2) is 6.93.